The molecule has 3 nitrogen and oxygen atoms in total. The van der Waals surface area contributed by atoms with Crippen LogP contribution in [0.5, 0.6) is 0 Å². The average Bonchev–Trinajstić information content (AvgIpc) is 2.05. The average molecular weight is 174 g/mol. The Labute approximate surface area is 75.6 Å². The molecular formula is C9H22N2O. The highest BCUT2D eigenvalue weighted by Crippen LogP contribution is 2.25. The van der Waals surface area contributed by atoms with Crippen molar-refractivity contribution in [3.63, 3.8) is 0 Å². The molecule has 0 rings (SSSR count). The Kier molecular flexibility index (Phi) is 4.75. The quantitative estimate of drug-likeness (QED) is 0.629. The van der Waals surface area contributed by atoms with E-state index in [1.807, 2.05) is 14.1 Å². The third-order valence-electron chi connectivity index (χ3n) is 3.12. The topological polar surface area (TPSA) is 49.5 Å². The minimum absolute atomic E-state index is 0.0174. The summed E-state index contributed by atoms with van der Waals surface area (Å²) in [6.07, 6.45) is 1.00. The van der Waals surface area contributed by atoms with E-state index in [1.165, 1.54) is 0 Å². The van der Waals surface area contributed by atoms with Gasteiger partial charge in [0.15, 0.2) is 0 Å². The number of hydrogen-bond acceptors (Lipinski definition) is 3. The number of rotatable bonds is 5. The number of nitrogens with two attached hydrogens (primary N) is 1. The van der Waals surface area contributed by atoms with Gasteiger partial charge in [0, 0.05) is 18.1 Å². The molecule has 0 unspecified atom stereocenters. The van der Waals surface area contributed by atoms with Crippen LogP contribution in [0.2, 0.25) is 0 Å². The van der Waals surface area contributed by atoms with Gasteiger partial charge in [0.2, 0.25) is 0 Å². The summed E-state index contributed by atoms with van der Waals surface area (Å²) in [7, 11) is 4.06. The van der Waals surface area contributed by atoms with Gasteiger partial charge < -0.3 is 15.7 Å². The standard InChI is InChI=1S/C9H22N2O/c1-5-9(2,11(3)4)8(6-10)7-12/h8,12H,5-7,10H2,1-4H3/t8-,9+/m0/s1. The summed E-state index contributed by atoms with van der Waals surface area (Å²) >= 11 is 0. The van der Waals surface area contributed by atoms with Crippen LogP contribution in [0, 0.1) is 5.92 Å². The lowest BCUT2D eigenvalue weighted by atomic mass is 9.82. The van der Waals surface area contributed by atoms with Gasteiger partial charge >= 0.3 is 0 Å². The molecule has 0 saturated carbocycles. The van der Waals surface area contributed by atoms with E-state index in [0.29, 0.717) is 6.54 Å². The van der Waals surface area contributed by atoms with Crippen LogP contribution >= 0.6 is 0 Å². The number of aliphatic hydroxyl groups excluding tert-OH is 1. The molecule has 0 aliphatic rings. The maximum atomic E-state index is 9.13. The Morgan fingerprint density at radius 3 is 2.08 bits per heavy atom. The normalized spacial score (nSPS) is 19.2. The summed E-state index contributed by atoms with van der Waals surface area (Å²) in [6.45, 7) is 4.97. The van der Waals surface area contributed by atoms with Crippen molar-refractivity contribution in [1.29, 1.82) is 0 Å². The smallest absolute Gasteiger partial charge is 0.0488 e. The van der Waals surface area contributed by atoms with E-state index in [0.717, 1.165) is 6.42 Å². The molecule has 0 heterocycles. The highest BCUT2D eigenvalue weighted by Gasteiger charge is 2.32. The molecule has 0 fully saturated rings. The van der Waals surface area contributed by atoms with E-state index in [4.69, 9.17) is 10.8 Å². The first kappa shape index (κ1) is 11.9. The molecule has 0 radical (unpaired) electrons. The van der Waals surface area contributed by atoms with Gasteiger partial charge in [-0.1, -0.05) is 6.92 Å². The molecular weight excluding hydrogens is 152 g/mol. The van der Waals surface area contributed by atoms with Gasteiger partial charge in [0.1, 0.15) is 0 Å². The SMILES string of the molecule is CC[C@](C)([C@@H](CN)CO)N(C)C. The zero-order chi connectivity index (χ0) is 9.78. The molecule has 0 amide bonds. The lowest BCUT2D eigenvalue weighted by molar-refractivity contribution is 0.0555. The van der Waals surface area contributed by atoms with E-state index >= 15 is 0 Å². The summed E-state index contributed by atoms with van der Waals surface area (Å²) in [5.41, 5.74) is 5.61. The van der Waals surface area contributed by atoms with Crippen molar-refractivity contribution >= 4 is 0 Å². The van der Waals surface area contributed by atoms with Gasteiger partial charge in [-0.2, -0.15) is 0 Å². The Morgan fingerprint density at radius 1 is 1.50 bits per heavy atom. The van der Waals surface area contributed by atoms with Gasteiger partial charge in [-0.05, 0) is 34.0 Å². The second kappa shape index (κ2) is 4.80. The monoisotopic (exact) mass is 174 g/mol. The zero-order valence-corrected chi connectivity index (χ0v) is 8.67. The molecule has 0 aromatic rings. The second-order valence-electron chi connectivity index (χ2n) is 3.72. The van der Waals surface area contributed by atoms with Crippen LogP contribution in [0.1, 0.15) is 20.3 Å². The molecule has 0 aliphatic carbocycles. The Hall–Kier alpha value is -0.120. The number of aliphatic hydroxyl groups is 1. The van der Waals surface area contributed by atoms with Crippen molar-refractivity contribution in [2.24, 2.45) is 11.7 Å². The molecule has 3 N–H and O–H groups in total. The van der Waals surface area contributed by atoms with Crippen LogP contribution in [0.15, 0.2) is 0 Å². The van der Waals surface area contributed by atoms with Crippen LogP contribution in [0.25, 0.3) is 0 Å². The van der Waals surface area contributed by atoms with Gasteiger partial charge in [-0.25, -0.2) is 0 Å². The minimum Gasteiger partial charge on any atom is -0.396 e. The summed E-state index contributed by atoms with van der Waals surface area (Å²) in [6, 6.07) is 0. The molecule has 0 aromatic heterocycles. The molecule has 74 valence electrons. The first-order valence-electron chi connectivity index (χ1n) is 4.51. The van der Waals surface area contributed by atoms with Crippen molar-refractivity contribution in [2.75, 3.05) is 27.2 Å². The summed E-state index contributed by atoms with van der Waals surface area (Å²) in [5, 5.41) is 9.13. The van der Waals surface area contributed by atoms with E-state index in [2.05, 4.69) is 18.7 Å². The molecule has 0 spiro atoms. The van der Waals surface area contributed by atoms with Gasteiger partial charge in [0.05, 0.1) is 0 Å². The first-order valence-corrected chi connectivity index (χ1v) is 4.51. The van der Waals surface area contributed by atoms with Gasteiger partial charge in [-0.3, -0.25) is 0 Å². The van der Waals surface area contributed by atoms with Crippen molar-refractivity contribution in [2.45, 2.75) is 25.8 Å². The van der Waals surface area contributed by atoms with E-state index in [-0.39, 0.29) is 18.1 Å². The first-order chi connectivity index (χ1) is 5.52. The summed E-state index contributed by atoms with van der Waals surface area (Å²) in [5.74, 6) is 0.164. The van der Waals surface area contributed by atoms with Crippen LogP contribution in [-0.4, -0.2) is 42.8 Å². The largest absolute Gasteiger partial charge is 0.396 e. The fourth-order valence-corrected chi connectivity index (χ4v) is 1.50. The Bertz CT molecular complexity index is 124. The van der Waals surface area contributed by atoms with Crippen LogP contribution in [0.3, 0.4) is 0 Å². The van der Waals surface area contributed by atoms with Crippen molar-refractivity contribution in [1.82, 2.24) is 4.90 Å². The van der Waals surface area contributed by atoms with E-state index in [9.17, 15) is 0 Å². The minimum atomic E-state index is 0.0174. The number of nitrogens with zero attached hydrogens (tertiary/aromatic N) is 1. The number of hydrogen-bond donors (Lipinski definition) is 2. The van der Waals surface area contributed by atoms with Crippen molar-refractivity contribution in [3.05, 3.63) is 0 Å². The predicted molar refractivity (Wildman–Crippen MR) is 52.0 cm³/mol. The molecule has 3 heteroatoms. The maximum Gasteiger partial charge on any atom is 0.0488 e. The molecule has 0 saturated heterocycles. The summed E-state index contributed by atoms with van der Waals surface area (Å²) < 4.78 is 0. The van der Waals surface area contributed by atoms with Crippen LogP contribution in [0.4, 0.5) is 0 Å². The molecule has 0 bridgehead atoms. The maximum absolute atomic E-state index is 9.13. The molecule has 2 atom stereocenters. The lowest BCUT2D eigenvalue weighted by Gasteiger charge is -2.41. The highest BCUT2D eigenvalue weighted by molar-refractivity contribution is 4.89. The van der Waals surface area contributed by atoms with Crippen molar-refractivity contribution < 1.29 is 5.11 Å². The third-order valence-corrected chi connectivity index (χ3v) is 3.12. The predicted octanol–water partition coefficient (Wildman–Crippen LogP) is 0.284. The van der Waals surface area contributed by atoms with Gasteiger partial charge in [-0.15, -0.1) is 0 Å². The second-order valence-corrected chi connectivity index (χ2v) is 3.72. The summed E-state index contributed by atoms with van der Waals surface area (Å²) in [4.78, 5) is 2.14. The lowest BCUT2D eigenvalue weighted by Crippen LogP contribution is -2.51. The Balaban J connectivity index is 4.47. The fraction of sp³-hybridized carbons (Fsp3) is 1.00. The zero-order valence-electron chi connectivity index (χ0n) is 8.67. The fourth-order valence-electron chi connectivity index (χ4n) is 1.50. The van der Waals surface area contributed by atoms with Gasteiger partial charge in [0.25, 0.3) is 0 Å². The highest BCUT2D eigenvalue weighted by atomic mass is 16.3. The molecule has 0 aromatic carbocycles. The van der Waals surface area contributed by atoms with Crippen molar-refractivity contribution in [3.8, 4) is 0 Å². The molecule has 12 heavy (non-hydrogen) atoms. The van der Waals surface area contributed by atoms with E-state index < -0.39 is 0 Å². The van der Waals surface area contributed by atoms with Crippen LogP contribution in [-0.2, 0) is 0 Å². The Morgan fingerprint density at radius 2 is 2.00 bits per heavy atom. The van der Waals surface area contributed by atoms with Crippen LogP contribution < -0.4 is 5.73 Å². The third kappa shape index (κ3) is 2.19. The van der Waals surface area contributed by atoms with E-state index in [1.54, 1.807) is 0 Å². The molecule has 0 aliphatic heterocycles.